The highest BCUT2D eigenvalue weighted by molar-refractivity contribution is 5.50. The number of nitrogen functional groups attached to an aromatic ring is 1. The summed E-state index contributed by atoms with van der Waals surface area (Å²) >= 11 is 0. The maximum absolute atomic E-state index is 13.4. The summed E-state index contributed by atoms with van der Waals surface area (Å²) in [7, 11) is 3.79. The monoisotopic (exact) mass is 234 g/mol. The van der Waals surface area contributed by atoms with Crippen molar-refractivity contribution >= 4 is 11.6 Å². The zero-order valence-corrected chi connectivity index (χ0v) is 10.1. The van der Waals surface area contributed by atoms with E-state index in [-0.39, 0.29) is 5.69 Å². The standard InChI is InChI=1S/C12H15FN4/c1-8-7-17(12(15-8)16(2)3)9-4-5-11(14)10(13)6-9/h4-7H,14H2,1-3H3. The predicted molar refractivity (Wildman–Crippen MR) is 67.0 cm³/mol. The van der Waals surface area contributed by atoms with Crippen molar-refractivity contribution in [2.45, 2.75) is 6.92 Å². The maximum atomic E-state index is 13.4. The van der Waals surface area contributed by atoms with Gasteiger partial charge >= 0.3 is 0 Å². The minimum atomic E-state index is -0.418. The molecule has 1 heterocycles. The van der Waals surface area contributed by atoms with Gasteiger partial charge in [-0.25, -0.2) is 9.37 Å². The molecule has 0 saturated heterocycles. The van der Waals surface area contributed by atoms with Gasteiger partial charge in [0.1, 0.15) is 5.82 Å². The number of benzene rings is 1. The fraction of sp³-hybridized carbons (Fsp3) is 0.250. The lowest BCUT2D eigenvalue weighted by Gasteiger charge is -2.14. The Hall–Kier alpha value is -2.04. The van der Waals surface area contributed by atoms with E-state index >= 15 is 0 Å². The van der Waals surface area contributed by atoms with Crippen LogP contribution >= 0.6 is 0 Å². The number of aryl methyl sites for hydroxylation is 1. The molecule has 2 aromatic rings. The lowest BCUT2D eigenvalue weighted by molar-refractivity contribution is 0.631. The minimum Gasteiger partial charge on any atom is -0.396 e. The number of hydrogen-bond acceptors (Lipinski definition) is 3. The van der Waals surface area contributed by atoms with Crippen molar-refractivity contribution in [1.82, 2.24) is 9.55 Å². The van der Waals surface area contributed by atoms with Gasteiger partial charge in [-0.2, -0.15) is 0 Å². The first-order valence-corrected chi connectivity index (χ1v) is 5.28. The van der Waals surface area contributed by atoms with E-state index < -0.39 is 5.82 Å². The summed E-state index contributed by atoms with van der Waals surface area (Å²) in [5, 5.41) is 0. The first-order valence-electron chi connectivity index (χ1n) is 5.28. The van der Waals surface area contributed by atoms with Crippen LogP contribution in [0.3, 0.4) is 0 Å². The van der Waals surface area contributed by atoms with E-state index in [1.807, 2.05) is 36.7 Å². The van der Waals surface area contributed by atoms with Gasteiger partial charge in [-0.1, -0.05) is 0 Å². The fourth-order valence-electron chi connectivity index (χ4n) is 1.66. The molecule has 0 unspecified atom stereocenters. The largest absolute Gasteiger partial charge is 0.396 e. The molecule has 0 spiro atoms. The van der Waals surface area contributed by atoms with Gasteiger partial charge in [0.05, 0.1) is 17.1 Å². The van der Waals surface area contributed by atoms with E-state index in [0.717, 1.165) is 11.6 Å². The van der Waals surface area contributed by atoms with E-state index in [0.29, 0.717) is 5.69 Å². The number of anilines is 2. The van der Waals surface area contributed by atoms with Crippen molar-refractivity contribution in [1.29, 1.82) is 0 Å². The Morgan fingerprint density at radius 3 is 2.65 bits per heavy atom. The highest BCUT2D eigenvalue weighted by Crippen LogP contribution is 2.21. The number of nitrogens with two attached hydrogens (primary N) is 1. The Morgan fingerprint density at radius 2 is 2.06 bits per heavy atom. The van der Waals surface area contributed by atoms with Crippen LogP contribution in [-0.4, -0.2) is 23.6 Å². The van der Waals surface area contributed by atoms with E-state index in [1.165, 1.54) is 6.07 Å². The van der Waals surface area contributed by atoms with Crippen LogP contribution < -0.4 is 10.6 Å². The van der Waals surface area contributed by atoms with Gasteiger partial charge in [-0.15, -0.1) is 0 Å². The molecule has 1 aromatic heterocycles. The molecule has 0 aliphatic carbocycles. The number of nitrogens with zero attached hydrogens (tertiary/aromatic N) is 3. The highest BCUT2D eigenvalue weighted by atomic mass is 19.1. The molecule has 0 fully saturated rings. The maximum Gasteiger partial charge on any atom is 0.209 e. The summed E-state index contributed by atoms with van der Waals surface area (Å²) in [5.74, 6) is 0.338. The molecule has 17 heavy (non-hydrogen) atoms. The van der Waals surface area contributed by atoms with Crippen molar-refractivity contribution in [2.75, 3.05) is 24.7 Å². The number of aromatic nitrogens is 2. The molecule has 2 rings (SSSR count). The van der Waals surface area contributed by atoms with Gasteiger partial charge in [-0.3, -0.25) is 4.57 Å². The van der Waals surface area contributed by atoms with E-state index in [2.05, 4.69) is 4.98 Å². The van der Waals surface area contributed by atoms with Crippen LogP contribution in [0.2, 0.25) is 0 Å². The van der Waals surface area contributed by atoms with Crippen LogP contribution in [0.25, 0.3) is 5.69 Å². The number of rotatable bonds is 2. The smallest absolute Gasteiger partial charge is 0.209 e. The van der Waals surface area contributed by atoms with Gasteiger partial charge in [0.25, 0.3) is 0 Å². The second kappa shape index (κ2) is 4.08. The third kappa shape index (κ3) is 2.08. The van der Waals surface area contributed by atoms with Gasteiger partial charge in [0.2, 0.25) is 5.95 Å². The van der Waals surface area contributed by atoms with Crippen molar-refractivity contribution in [3.8, 4) is 5.69 Å². The Labute approximate surface area is 99.5 Å². The summed E-state index contributed by atoms with van der Waals surface area (Å²) in [5.41, 5.74) is 7.20. The minimum absolute atomic E-state index is 0.150. The van der Waals surface area contributed by atoms with Crippen LogP contribution in [-0.2, 0) is 0 Å². The lowest BCUT2D eigenvalue weighted by Crippen LogP contribution is -2.14. The molecule has 2 N–H and O–H groups in total. The molecule has 4 nitrogen and oxygen atoms in total. The number of halogens is 1. The zero-order chi connectivity index (χ0) is 12.6. The SMILES string of the molecule is Cc1cn(-c2ccc(N)c(F)c2)c(N(C)C)n1. The summed E-state index contributed by atoms with van der Waals surface area (Å²) in [4.78, 5) is 6.25. The summed E-state index contributed by atoms with van der Waals surface area (Å²) < 4.78 is 15.3. The van der Waals surface area contributed by atoms with Crippen molar-refractivity contribution in [2.24, 2.45) is 0 Å². The molecule has 0 bridgehead atoms. The molecule has 1 aromatic carbocycles. The molecule has 0 aliphatic rings. The molecule has 5 heteroatoms. The van der Waals surface area contributed by atoms with E-state index in [1.54, 1.807) is 12.1 Å². The van der Waals surface area contributed by atoms with Gasteiger partial charge < -0.3 is 10.6 Å². The quantitative estimate of drug-likeness (QED) is 0.808. The molecular weight excluding hydrogens is 219 g/mol. The van der Waals surface area contributed by atoms with E-state index in [9.17, 15) is 4.39 Å². The lowest BCUT2D eigenvalue weighted by atomic mass is 10.2. The van der Waals surface area contributed by atoms with Gasteiger partial charge in [-0.05, 0) is 19.1 Å². The van der Waals surface area contributed by atoms with Crippen LogP contribution in [0.4, 0.5) is 16.0 Å². The van der Waals surface area contributed by atoms with E-state index in [4.69, 9.17) is 5.73 Å². The van der Waals surface area contributed by atoms with Crippen molar-refractivity contribution in [3.05, 3.63) is 35.9 Å². The molecule has 0 saturated carbocycles. The zero-order valence-electron chi connectivity index (χ0n) is 10.1. The molecule has 0 radical (unpaired) electrons. The summed E-state index contributed by atoms with van der Waals surface area (Å²) in [6.45, 7) is 1.90. The summed E-state index contributed by atoms with van der Waals surface area (Å²) in [6.07, 6.45) is 1.86. The Bertz CT molecular complexity index is 545. The second-order valence-corrected chi connectivity index (χ2v) is 4.15. The number of imidazole rings is 1. The summed E-state index contributed by atoms with van der Waals surface area (Å²) in [6, 6.07) is 4.73. The van der Waals surface area contributed by atoms with Crippen molar-refractivity contribution in [3.63, 3.8) is 0 Å². The van der Waals surface area contributed by atoms with Crippen LogP contribution in [0.15, 0.2) is 24.4 Å². The van der Waals surface area contributed by atoms with Gasteiger partial charge in [0.15, 0.2) is 0 Å². The average molecular weight is 234 g/mol. The second-order valence-electron chi connectivity index (χ2n) is 4.15. The molecule has 0 aliphatic heterocycles. The first kappa shape index (κ1) is 11.4. The third-order valence-electron chi connectivity index (χ3n) is 2.47. The molecular formula is C12H15FN4. The van der Waals surface area contributed by atoms with Crippen LogP contribution in [0.1, 0.15) is 5.69 Å². The molecule has 0 atom stereocenters. The number of hydrogen-bond donors (Lipinski definition) is 1. The van der Waals surface area contributed by atoms with Gasteiger partial charge in [0, 0.05) is 26.4 Å². The Morgan fingerprint density at radius 1 is 1.35 bits per heavy atom. The van der Waals surface area contributed by atoms with Crippen LogP contribution in [0, 0.1) is 12.7 Å². The Balaban J connectivity index is 2.55. The Kier molecular flexibility index (Phi) is 2.75. The molecule has 90 valence electrons. The normalized spacial score (nSPS) is 10.6. The predicted octanol–water partition coefficient (Wildman–Crippen LogP) is 1.97. The topological polar surface area (TPSA) is 47.1 Å². The third-order valence-corrected chi connectivity index (χ3v) is 2.47. The first-order chi connectivity index (χ1) is 7.99. The highest BCUT2D eigenvalue weighted by Gasteiger charge is 2.10. The fourth-order valence-corrected chi connectivity index (χ4v) is 1.66. The van der Waals surface area contributed by atoms with Crippen molar-refractivity contribution < 1.29 is 4.39 Å². The molecule has 0 amide bonds. The average Bonchev–Trinajstić information content (AvgIpc) is 2.64. The van der Waals surface area contributed by atoms with Crippen LogP contribution in [0.5, 0.6) is 0 Å².